The molecule has 0 saturated carbocycles. The number of Topliss-reactive ketones (excluding diaryl/α,β-unsaturated/α-hetero) is 1. The van der Waals surface area contributed by atoms with Gasteiger partial charge in [0, 0.05) is 13.7 Å². The van der Waals surface area contributed by atoms with Gasteiger partial charge in [0.25, 0.3) is 0 Å². The Bertz CT molecular complexity index is 635. The fourth-order valence-corrected chi connectivity index (χ4v) is 2.39. The van der Waals surface area contributed by atoms with Crippen LogP contribution < -0.4 is 14.8 Å². The van der Waals surface area contributed by atoms with Gasteiger partial charge in [0.05, 0.1) is 20.3 Å². The maximum absolute atomic E-state index is 12.1. The van der Waals surface area contributed by atoms with E-state index in [2.05, 4.69) is 5.32 Å². The zero-order valence-corrected chi connectivity index (χ0v) is 15.0. The number of nitrogens with zero attached hydrogens (tertiary/aromatic N) is 1. The molecule has 0 heterocycles. The molecular weight excluding hydrogens is 324 g/mol. The van der Waals surface area contributed by atoms with Gasteiger partial charge in [-0.05, 0) is 30.5 Å². The highest BCUT2D eigenvalue weighted by Crippen LogP contribution is 2.27. The van der Waals surface area contributed by atoms with E-state index in [0.717, 1.165) is 5.56 Å². The first-order chi connectivity index (χ1) is 12.0. The molecule has 7 heteroatoms. The van der Waals surface area contributed by atoms with Crippen LogP contribution in [0, 0.1) is 17.2 Å². The Balaban J connectivity index is 2.64. The molecule has 2 atom stereocenters. The fourth-order valence-electron chi connectivity index (χ4n) is 2.39. The van der Waals surface area contributed by atoms with Gasteiger partial charge in [-0.1, -0.05) is 13.0 Å². The number of rotatable bonds is 10. The van der Waals surface area contributed by atoms with Crippen molar-refractivity contribution in [2.75, 3.05) is 27.9 Å². The number of amides is 1. The summed E-state index contributed by atoms with van der Waals surface area (Å²) >= 11 is 0. The molecule has 0 aliphatic rings. The molecule has 0 radical (unpaired) electrons. The third-order valence-corrected chi connectivity index (χ3v) is 3.81. The topological polar surface area (TPSA) is 97.7 Å². The zero-order valence-electron chi connectivity index (χ0n) is 15.0. The van der Waals surface area contributed by atoms with E-state index in [1.165, 1.54) is 7.11 Å². The van der Waals surface area contributed by atoms with Gasteiger partial charge in [-0.3, -0.25) is 9.59 Å². The van der Waals surface area contributed by atoms with Crippen molar-refractivity contribution in [2.24, 2.45) is 5.92 Å². The van der Waals surface area contributed by atoms with Crippen LogP contribution in [0.1, 0.15) is 18.9 Å². The summed E-state index contributed by atoms with van der Waals surface area (Å²) in [5.74, 6) is -1.27. The summed E-state index contributed by atoms with van der Waals surface area (Å²) in [5, 5.41) is 11.8. The van der Waals surface area contributed by atoms with Crippen LogP contribution in [0.4, 0.5) is 0 Å². The minimum atomic E-state index is -1.37. The molecule has 0 aromatic heterocycles. The minimum absolute atomic E-state index is 0.295. The molecule has 1 N–H and O–H groups in total. The molecule has 0 fully saturated rings. The second kappa shape index (κ2) is 10.3. The second-order valence-electron chi connectivity index (χ2n) is 5.33. The largest absolute Gasteiger partial charge is 0.493 e. The van der Waals surface area contributed by atoms with Gasteiger partial charge in [0.15, 0.2) is 23.2 Å². The highest BCUT2D eigenvalue weighted by Gasteiger charge is 2.31. The third-order valence-electron chi connectivity index (χ3n) is 3.81. The fraction of sp³-hybridized carbons (Fsp3) is 0.500. The second-order valence-corrected chi connectivity index (χ2v) is 5.33. The summed E-state index contributed by atoms with van der Waals surface area (Å²) in [6.07, 6.45) is 0.188. The van der Waals surface area contributed by atoms with Gasteiger partial charge in [-0.2, -0.15) is 5.26 Å². The number of carbonyl (C=O) groups is 2. The van der Waals surface area contributed by atoms with Gasteiger partial charge in [-0.25, -0.2) is 0 Å². The smallest absolute Gasteiger partial charge is 0.245 e. The van der Waals surface area contributed by atoms with Gasteiger partial charge in [0.2, 0.25) is 5.91 Å². The van der Waals surface area contributed by atoms with Crippen molar-refractivity contribution in [2.45, 2.75) is 25.9 Å². The Kier molecular flexibility index (Phi) is 8.44. The number of ketones is 1. The van der Waals surface area contributed by atoms with Crippen LogP contribution in [0.2, 0.25) is 0 Å². The van der Waals surface area contributed by atoms with Crippen molar-refractivity contribution >= 4 is 11.7 Å². The predicted molar refractivity (Wildman–Crippen MR) is 91.5 cm³/mol. The number of ether oxygens (including phenoxy) is 3. The standard InChI is InChI=1S/C18H24N2O5/c1-5-14(23-2)17(21)13(11-19)18(22)20-9-8-12-6-7-15(24-3)16(10-12)25-4/h6-7,10,13-14H,5,8-9H2,1-4H3,(H,20,22)/t13-,14-/m0/s1. The molecule has 0 spiro atoms. The Hall–Kier alpha value is -2.59. The molecule has 0 unspecified atom stereocenters. The predicted octanol–water partition coefficient (Wildman–Crippen LogP) is 1.50. The van der Waals surface area contributed by atoms with E-state index in [9.17, 15) is 9.59 Å². The summed E-state index contributed by atoms with van der Waals surface area (Å²) in [4.78, 5) is 24.2. The SMILES string of the molecule is CC[C@H](OC)C(=O)[C@H](C#N)C(=O)NCCc1ccc(OC)c(OC)c1. The lowest BCUT2D eigenvalue weighted by molar-refractivity contribution is -0.137. The van der Waals surface area contributed by atoms with E-state index < -0.39 is 23.7 Å². The summed E-state index contributed by atoms with van der Waals surface area (Å²) in [5.41, 5.74) is 0.932. The number of hydrogen-bond acceptors (Lipinski definition) is 6. The lowest BCUT2D eigenvalue weighted by atomic mass is 9.98. The summed E-state index contributed by atoms with van der Waals surface area (Å²) in [6.45, 7) is 2.05. The maximum Gasteiger partial charge on any atom is 0.245 e. The van der Waals surface area contributed by atoms with Crippen molar-refractivity contribution in [1.29, 1.82) is 5.26 Å². The minimum Gasteiger partial charge on any atom is -0.493 e. The monoisotopic (exact) mass is 348 g/mol. The van der Waals surface area contributed by atoms with Crippen molar-refractivity contribution in [3.63, 3.8) is 0 Å². The molecule has 1 amide bonds. The molecule has 0 aliphatic carbocycles. The molecule has 1 aromatic rings. The van der Waals surface area contributed by atoms with Crippen molar-refractivity contribution in [3.8, 4) is 17.6 Å². The Morgan fingerprint density at radius 2 is 1.88 bits per heavy atom. The molecule has 1 rings (SSSR count). The number of nitrogens with one attached hydrogen (secondary N) is 1. The Morgan fingerprint density at radius 3 is 2.40 bits per heavy atom. The Morgan fingerprint density at radius 1 is 1.20 bits per heavy atom. The highest BCUT2D eigenvalue weighted by atomic mass is 16.5. The van der Waals surface area contributed by atoms with E-state index in [0.29, 0.717) is 30.9 Å². The molecule has 25 heavy (non-hydrogen) atoms. The van der Waals surface area contributed by atoms with Crippen molar-refractivity contribution in [3.05, 3.63) is 23.8 Å². The zero-order chi connectivity index (χ0) is 18.8. The average molecular weight is 348 g/mol. The van der Waals surface area contributed by atoms with Crippen LogP contribution in [-0.4, -0.2) is 45.7 Å². The number of hydrogen-bond donors (Lipinski definition) is 1. The van der Waals surface area contributed by atoms with E-state index in [1.807, 2.05) is 12.1 Å². The van der Waals surface area contributed by atoms with Gasteiger partial charge >= 0.3 is 0 Å². The summed E-state index contributed by atoms with van der Waals surface area (Å²) in [7, 11) is 4.49. The van der Waals surface area contributed by atoms with Crippen LogP contribution in [-0.2, 0) is 20.7 Å². The summed E-state index contributed by atoms with van der Waals surface area (Å²) in [6, 6.07) is 7.21. The highest BCUT2D eigenvalue weighted by molar-refractivity contribution is 6.05. The van der Waals surface area contributed by atoms with Crippen LogP contribution in [0.5, 0.6) is 11.5 Å². The molecule has 7 nitrogen and oxygen atoms in total. The summed E-state index contributed by atoms with van der Waals surface area (Å²) < 4.78 is 15.4. The number of nitriles is 1. The first-order valence-corrected chi connectivity index (χ1v) is 7.97. The Labute approximate surface area is 147 Å². The van der Waals surface area contributed by atoms with Gasteiger partial charge < -0.3 is 19.5 Å². The van der Waals surface area contributed by atoms with Crippen LogP contribution in [0.25, 0.3) is 0 Å². The van der Waals surface area contributed by atoms with Gasteiger partial charge in [0.1, 0.15) is 6.10 Å². The normalized spacial score (nSPS) is 12.6. The lowest BCUT2D eigenvalue weighted by Crippen LogP contribution is -2.40. The molecule has 0 aliphatic heterocycles. The molecule has 1 aromatic carbocycles. The quantitative estimate of drug-likeness (QED) is 0.644. The first kappa shape index (κ1) is 20.5. The van der Waals surface area contributed by atoms with Gasteiger partial charge in [-0.15, -0.1) is 0 Å². The van der Waals surface area contributed by atoms with Crippen LogP contribution in [0.3, 0.4) is 0 Å². The van der Waals surface area contributed by atoms with E-state index in [-0.39, 0.29) is 0 Å². The molecule has 136 valence electrons. The van der Waals surface area contributed by atoms with Crippen LogP contribution >= 0.6 is 0 Å². The average Bonchev–Trinajstić information content (AvgIpc) is 2.63. The molecule has 0 saturated heterocycles. The number of benzene rings is 1. The molecule has 0 bridgehead atoms. The van der Waals surface area contributed by atoms with Crippen LogP contribution in [0.15, 0.2) is 18.2 Å². The third kappa shape index (κ3) is 5.47. The number of methoxy groups -OCH3 is 3. The lowest BCUT2D eigenvalue weighted by Gasteiger charge is -2.15. The van der Waals surface area contributed by atoms with E-state index in [4.69, 9.17) is 19.5 Å². The van der Waals surface area contributed by atoms with E-state index >= 15 is 0 Å². The first-order valence-electron chi connectivity index (χ1n) is 7.97. The van der Waals surface area contributed by atoms with E-state index in [1.54, 1.807) is 33.3 Å². The van der Waals surface area contributed by atoms with Crippen molar-refractivity contribution < 1.29 is 23.8 Å². The number of carbonyl (C=O) groups excluding carboxylic acids is 2. The molecular formula is C18H24N2O5. The van der Waals surface area contributed by atoms with Crippen molar-refractivity contribution in [1.82, 2.24) is 5.32 Å². The maximum atomic E-state index is 12.1.